The molecule has 0 radical (unpaired) electrons. The molecule has 2 aromatic heterocycles. The van der Waals surface area contributed by atoms with Gasteiger partial charge in [-0.05, 0) is 43.2 Å². The van der Waals surface area contributed by atoms with Gasteiger partial charge in [0, 0.05) is 34.6 Å². The zero-order valence-corrected chi connectivity index (χ0v) is 15.6. The third-order valence-corrected chi connectivity index (χ3v) is 4.75. The van der Waals surface area contributed by atoms with Gasteiger partial charge in [-0.15, -0.1) is 0 Å². The highest BCUT2D eigenvalue weighted by Crippen LogP contribution is 2.28. The number of benzene rings is 2. The Balaban J connectivity index is 1.66. The number of nitro benzene ring substituents is 1. The molecule has 0 amide bonds. The lowest BCUT2D eigenvalue weighted by molar-refractivity contribution is -0.384. The maximum Gasteiger partial charge on any atom is 0.270 e. The standard InChI is InChI=1S/C23H19N3O2/c1-15-13-21(16(2)24-15)23-8-4-7-22(25-23)18-11-9-17(10-12-18)19-5-3-6-20(14-19)26(27)28/h3-14,24H,1-2H3. The van der Waals surface area contributed by atoms with Gasteiger partial charge in [0.1, 0.15) is 0 Å². The van der Waals surface area contributed by atoms with E-state index in [0.717, 1.165) is 45.0 Å². The fourth-order valence-electron chi connectivity index (χ4n) is 3.37. The minimum atomic E-state index is -0.377. The second-order valence-electron chi connectivity index (χ2n) is 6.78. The van der Waals surface area contributed by atoms with E-state index in [1.54, 1.807) is 12.1 Å². The van der Waals surface area contributed by atoms with Gasteiger partial charge in [-0.3, -0.25) is 10.1 Å². The third kappa shape index (κ3) is 3.42. The van der Waals surface area contributed by atoms with Crippen LogP contribution in [0, 0.1) is 24.0 Å². The number of aryl methyl sites for hydroxylation is 2. The molecule has 0 unspecified atom stereocenters. The van der Waals surface area contributed by atoms with E-state index >= 15 is 0 Å². The minimum Gasteiger partial charge on any atom is -0.362 e. The molecule has 4 aromatic rings. The molecule has 4 rings (SSSR count). The van der Waals surface area contributed by atoms with Gasteiger partial charge in [0.15, 0.2) is 0 Å². The summed E-state index contributed by atoms with van der Waals surface area (Å²) in [4.78, 5) is 18.7. The van der Waals surface area contributed by atoms with E-state index in [2.05, 4.69) is 11.1 Å². The van der Waals surface area contributed by atoms with E-state index in [0.29, 0.717) is 0 Å². The summed E-state index contributed by atoms with van der Waals surface area (Å²) in [6.45, 7) is 4.08. The smallest absolute Gasteiger partial charge is 0.270 e. The Morgan fingerprint density at radius 3 is 2.18 bits per heavy atom. The zero-order valence-electron chi connectivity index (χ0n) is 15.6. The van der Waals surface area contributed by atoms with Gasteiger partial charge in [0.2, 0.25) is 0 Å². The summed E-state index contributed by atoms with van der Waals surface area (Å²) in [5, 5.41) is 11.0. The number of aromatic nitrogens is 2. The van der Waals surface area contributed by atoms with Gasteiger partial charge in [0.05, 0.1) is 16.3 Å². The maximum absolute atomic E-state index is 11.0. The normalized spacial score (nSPS) is 10.8. The highest BCUT2D eigenvalue weighted by Gasteiger charge is 2.10. The summed E-state index contributed by atoms with van der Waals surface area (Å²) in [6.07, 6.45) is 0. The molecule has 0 saturated carbocycles. The second kappa shape index (κ2) is 7.12. The Morgan fingerprint density at radius 2 is 1.50 bits per heavy atom. The SMILES string of the molecule is Cc1cc(-c2cccc(-c3ccc(-c4cccc([N+](=O)[O-])c4)cc3)n2)c(C)[nH]1. The summed E-state index contributed by atoms with van der Waals surface area (Å²) in [5.74, 6) is 0. The van der Waals surface area contributed by atoms with Gasteiger partial charge in [-0.25, -0.2) is 4.98 Å². The number of H-pyrrole nitrogens is 1. The van der Waals surface area contributed by atoms with Crippen LogP contribution in [0.2, 0.25) is 0 Å². The molecule has 0 aliphatic carbocycles. The van der Waals surface area contributed by atoms with Gasteiger partial charge in [-0.2, -0.15) is 0 Å². The summed E-state index contributed by atoms with van der Waals surface area (Å²) >= 11 is 0. The van der Waals surface area contributed by atoms with Crippen molar-refractivity contribution in [2.24, 2.45) is 0 Å². The van der Waals surface area contributed by atoms with E-state index < -0.39 is 0 Å². The van der Waals surface area contributed by atoms with Gasteiger partial charge >= 0.3 is 0 Å². The van der Waals surface area contributed by atoms with Crippen molar-refractivity contribution in [1.29, 1.82) is 0 Å². The second-order valence-corrected chi connectivity index (χ2v) is 6.78. The Kier molecular flexibility index (Phi) is 4.49. The highest BCUT2D eigenvalue weighted by atomic mass is 16.6. The van der Waals surface area contributed by atoms with E-state index in [1.807, 2.05) is 62.4 Å². The summed E-state index contributed by atoms with van der Waals surface area (Å²) in [7, 11) is 0. The molecule has 0 aliphatic rings. The quantitative estimate of drug-likeness (QED) is 0.358. The van der Waals surface area contributed by atoms with Crippen LogP contribution in [-0.4, -0.2) is 14.9 Å². The van der Waals surface area contributed by atoms with Crippen LogP contribution in [0.5, 0.6) is 0 Å². The molecule has 0 aliphatic heterocycles. The maximum atomic E-state index is 11.0. The Hall–Kier alpha value is -3.73. The van der Waals surface area contributed by atoms with E-state index in [4.69, 9.17) is 4.98 Å². The molecular weight excluding hydrogens is 350 g/mol. The number of nitro groups is 1. The first-order valence-corrected chi connectivity index (χ1v) is 9.00. The van der Waals surface area contributed by atoms with Gasteiger partial charge in [0.25, 0.3) is 5.69 Å². The fraction of sp³-hybridized carbons (Fsp3) is 0.0870. The first-order valence-electron chi connectivity index (χ1n) is 9.00. The Morgan fingerprint density at radius 1 is 0.821 bits per heavy atom. The molecule has 0 bridgehead atoms. The molecule has 1 N–H and O–H groups in total. The van der Waals surface area contributed by atoms with E-state index in [-0.39, 0.29) is 10.6 Å². The highest BCUT2D eigenvalue weighted by molar-refractivity contribution is 5.72. The van der Waals surface area contributed by atoms with Crippen molar-refractivity contribution in [1.82, 2.24) is 9.97 Å². The van der Waals surface area contributed by atoms with Crippen molar-refractivity contribution in [2.75, 3.05) is 0 Å². The van der Waals surface area contributed by atoms with Crippen molar-refractivity contribution in [3.8, 4) is 33.6 Å². The molecule has 0 fully saturated rings. The van der Waals surface area contributed by atoms with Crippen molar-refractivity contribution < 1.29 is 4.92 Å². The minimum absolute atomic E-state index is 0.0908. The number of nitrogens with one attached hydrogen (secondary N) is 1. The lowest BCUT2D eigenvalue weighted by Gasteiger charge is -2.07. The number of hydrogen-bond donors (Lipinski definition) is 1. The van der Waals surface area contributed by atoms with Crippen LogP contribution in [0.25, 0.3) is 33.6 Å². The number of rotatable bonds is 4. The number of non-ortho nitro benzene ring substituents is 1. The number of nitrogens with zero attached hydrogens (tertiary/aromatic N) is 2. The molecule has 28 heavy (non-hydrogen) atoms. The van der Waals surface area contributed by atoms with Crippen molar-refractivity contribution >= 4 is 5.69 Å². The lowest BCUT2D eigenvalue weighted by atomic mass is 10.0. The van der Waals surface area contributed by atoms with Gasteiger partial charge in [-0.1, -0.05) is 42.5 Å². The van der Waals surface area contributed by atoms with Crippen molar-refractivity contribution in [3.05, 3.63) is 94.3 Å². The molecule has 0 saturated heterocycles. The van der Waals surface area contributed by atoms with Crippen LogP contribution in [0.1, 0.15) is 11.4 Å². The van der Waals surface area contributed by atoms with Crippen molar-refractivity contribution in [3.63, 3.8) is 0 Å². The first kappa shape index (κ1) is 17.7. The Bertz CT molecular complexity index is 1160. The third-order valence-electron chi connectivity index (χ3n) is 4.75. The predicted molar refractivity (Wildman–Crippen MR) is 111 cm³/mol. The monoisotopic (exact) mass is 369 g/mol. The largest absolute Gasteiger partial charge is 0.362 e. The first-order chi connectivity index (χ1) is 13.5. The average Bonchev–Trinajstić information content (AvgIpc) is 3.06. The molecule has 138 valence electrons. The molecule has 5 heteroatoms. The van der Waals surface area contributed by atoms with E-state index in [9.17, 15) is 10.1 Å². The summed E-state index contributed by atoms with van der Waals surface area (Å²) < 4.78 is 0. The summed E-state index contributed by atoms with van der Waals surface area (Å²) in [5.41, 5.74) is 7.98. The van der Waals surface area contributed by atoms with Crippen LogP contribution in [0.15, 0.2) is 72.8 Å². The average molecular weight is 369 g/mol. The van der Waals surface area contributed by atoms with E-state index in [1.165, 1.54) is 6.07 Å². The zero-order chi connectivity index (χ0) is 19.7. The fourth-order valence-corrected chi connectivity index (χ4v) is 3.37. The number of hydrogen-bond acceptors (Lipinski definition) is 3. The van der Waals surface area contributed by atoms with Gasteiger partial charge < -0.3 is 4.98 Å². The topological polar surface area (TPSA) is 71.8 Å². The molecule has 2 heterocycles. The molecule has 0 spiro atoms. The van der Waals surface area contributed by atoms with Crippen LogP contribution < -0.4 is 0 Å². The van der Waals surface area contributed by atoms with Crippen molar-refractivity contribution in [2.45, 2.75) is 13.8 Å². The molecular formula is C23H19N3O2. The summed E-state index contributed by atoms with van der Waals surface area (Å²) in [6, 6.07) is 22.7. The van der Waals surface area contributed by atoms with Crippen LogP contribution in [-0.2, 0) is 0 Å². The van der Waals surface area contributed by atoms with Crippen LogP contribution >= 0.6 is 0 Å². The number of aromatic amines is 1. The lowest BCUT2D eigenvalue weighted by Crippen LogP contribution is -1.89. The Labute approximate surface area is 162 Å². The van der Waals surface area contributed by atoms with Crippen LogP contribution in [0.3, 0.4) is 0 Å². The molecule has 0 atom stereocenters. The molecule has 2 aromatic carbocycles. The van der Waals surface area contributed by atoms with Crippen LogP contribution in [0.4, 0.5) is 5.69 Å². The molecule has 5 nitrogen and oxygen atoms in total. The number of pyridine rings is 1. The predicted octanol–water partition coefficient (Wildman–Crippen LogP) is 5.94.